The first-order chi connectivity index (χ1) is 7.47. The van der Waals surface area contributed by atoms with Crippen LogP contribution in [0.4, 0.5) is 5.82 Å². The van der Waals surface area contributed by atoms with Gasteiger partial charge in [-0.3, -0.25) is 4.79 Å². The molecule has 0 aliphatic carbocycles. The maximum absolute atomic E-state index is 11.7. The van der Waals surface area contributed by atoms with Gasteiger partial charge in [0.05, 0.1) is 6.54 Å². The molecule has 88 valence electrons. The zero-order valence-electron chi connectivity index (χ0n) is 8.17. The molecular weight excluding hydrogens is 234 g/mol. The number of nitrogens with one attached hydrogen (secondary N) is 2. The van der Waals surface area contributed by atoms with Gasteiger partial charge in [0.15, 0.2) is 5.82 Å². The molecule has 0 aromatic carbocycles. The van der Waals surface area contributed by atoms with Crippen molar-refractivity contribution < 1.29 is 13.2 Å². The van der Waals surface area contributed by atoms with Gasteiger partial charge >= 0.3 is 0 Å². The Hall–Kier alpha value is -1.71. The Kier molecular flexibility index (Phi) is 3.77. The molecule has 0 spiro atoms. The van der Waals surface area contributed by atoms with Crippen LogP contribution in [0.3, 0.4) is 0 Å². The first-order valence-electron chi connectivity index (χ1n) is 4.17. The Labute approximate surface area is 92.1 Å². The van der Waals surface area contributed by atoms with Gasteiger partial charge in [0.25, 0.3) is 0 Å². The number of pyridine rings is 1. The van der Waals surface area contributed by atoms with Gasteiger partial charge in [0.2, 0.25) is 15.9 Å². The highest BCUT2D eigenvalue weighted by molar-refractivity contribution is 7.89. The molecule has 8 nitrogen and oxygen atoms in total. The van der Waals surface area contributed by atoms with Crippen LogP contribution in [0.2, 0.25) is 0 Å². The van der Waals surface area contributed by atoms with Crippen molar-refractivity contribution in [1.29, 1.82) is 0 Å². The monoisotopic (exact) mass is 245 g/mol. The lowest BCUT2D eigenvalue weighted by Gasteiger charge is -2.08. The van der Waals surface area contributed by atoms with Gasteiger partial charge in [-0.25, -0.2) is 24.0 Å². The van der Waals surface area contributed by atoms with Crippen LogP contribution in [0.25, 0.3) is 0 Å². The second-order valence-corrected chi connectivity index (χ2v) is 4.52. The Balaban J connectivity index is 3.02. The van der Waals surface area contributed by atoms with Crippen molar-refractivity contribution in [2.24, 2.45) is 11.6 Å². The molecule has 1 heterocycles. The Morgan fingerprint density at radius 3 is 2.75 bits per heavy atom. The zero-order chi connectivity index (χ0) is 12.2. The summed E-state index contributed by atoms with van der Waals surface area (Å²) < 4.78 is 25.3. The van der Waals surface area contributed by atoms with E-state index in [9.17, 15) is 13.2 Å². The minimum Gasteiger partial charge on any atom is -0.369 e. The molecule has 9 heteroatoms. The number of carbonyl (C=O) groups excluding carboxylic acids is 1. The molecule has 0 saturated carbocycles. The molecule has 0 aliphatic rings. The fraction of sp³-hybridized carbons (Fsp3) is 0.143. The van der Waals surface area contributed by atoms with E-state index in [1.807, 2.05) is 4.72 Å². The van der Waals surface area contributed by atoms with Gasteiger partial charge in [-0.2, -0.15) is 0 Å². The van der Waals surface area contributed by atoms with Gasteiger partial charge in [-0.05, 0) is 12.1 Å². The summed E-state index contributed by atoms with van der Waals surface area (Å²) >= 11 is 0. The molecule has 1 aromatic heterocycles. The number of nitrogens with two attached hydrogens (primary N) is 2. The third kappa shape index (κ3) is 2.89. The van der Waals surface area contributed by atoms with Crippen LogP contribution in [0.15, 0.2) is 23.2 Å². The minimum atomic E-state index is -3.85. The normalized spacial score (nSPS) is 11.1. The molecular formula is C7H11N5O3S. The fourth-order valence-corrected chi connectivity index (χ4v) is 2.07. The van der Waals surface area contributed by atoms with Crippen LogP contribution >= 0.6 is 0 Å². The third-order valence-electron chi connectivity index (χ3n) is 1.63. The summed E-state index contributed by atoms with van der Waals surface area (Å²) in [6.45, 7) is -0.485. The predicted octanol–water partition coefficient (Wildman–Crippen LogP) is -1.87. The molecule has 0 saturated heterocycles. The first-order valence-corrected chi connectivity index (χ1v) is 5.65. The number of aromatic nitrogens is 1. The SMILES string of the molecule is NNc1ncccc1S(=O)(=O)NCC(N)=O. The lowest BCUT2D eigenvalue weighted by Crippen LogP contribution is -2.34. The van der Waals surface area contributed by atoms with E-state index in [1.54, 1.807) is 0 Å². The number of anilines is 1. The highest BCUT2D eigenvalue weighted by atomic mass is 32.2. The van der Waals surface area contributed by atoms with Crippen LogP contribution in [0.5, 0.6) is 0 Å². The summed E-state index contributed by atoms with van der Waals surface area (Å²) in [6.07, 6.45) is 1.38. The summed E-state index contributed by atoms with van der Waals surface area (Å²) in [5.74, 6) is 4.31. The summed E-state index contributed by atoms with van der Waals surface area (Å²) in [5, 5.41) is 0. The van der Waals surface area contributed by atoms with E-state index in [2.05, 4.69) is 10.4 Å². The number of sulfonamides is 1. The van der Waals surface area contributed by atoms with Crippen molar-refractivity contribution in [1.82, 2.24) is 9.71 Å². The van der Waals surface area contributed by atoms with E-state index in [-0.39, 0.29) is 10.7 Å². The number of primary amides is 1. The molecule has 0 atom stereocenters. The number of hydrazine groups is 1. The fourth-order valence-electron chi connectivity index (χ4n) is 0.960. The average molecular weight is 245 g/mol. The van der Waals surface area contributed by atoms with Gasteiger partial charge in [-0.1, -0.05) is 0 Å². The highest BCUT2D eigenvalue weighted by Gasteiger charge is 2.18. The van der Waals surface area contributed by atoms with Crippen LogP contribution < -0.4 is 21.7 Å². The molecule has 0 fully saturated rings. The summed E-state index contributed by atoms with van der Waals surface area (Å²) in [4.78, 5) is 14.0. The van der Waals surface area contributed by atoms with Crippen molar-refractivity contribution in [3.05, 3.63) is 18.3 Å². The van der Waals surface area contributed by atoms with Gasteiger partial charge < -0.3 is 11.2 Å². The van der Waals surface area contributed by atoms with Crippen molar-refractivity contribution in [3.8, 4) is 0 Å². The van der Waals surface area contributed by atoms with E-state index in [4.69, 9.17) is 11.6 Å². The van der Waals surface area contributed by atoms with Crippen LogP contribution in [-0.4, -0.2) is 25.9 Å². The predicted molar refractivity (Wildman–Crippen MR) is 56.4 cm³/mol. The molecule has 0 aliphatic heterocycles. The number of nitrogen functional groups attached to an aromatic ring is 1. The first kappa shape index (κ1) is 12.4. The zero-order valence-corrected chi connectivity index (χ0v) is 8.99. The molecule has 0 radical (unpaired) electrons. The number of hydrogen-bond donors (Lipinski definition) is 4. The topological polar surface area (TPSA) is 140 Å². The van der Waals surface area contributed by atoms with Gasteiger partial charge in [0, 0.05) is 6.20 Å². The smallest absolute Gasteiger partial charge is 0.244 e. The van der Waals surface area contributed by atoms with Crippen molar-refractivity contribution >= 4 is 21.7 Å². The van der Waals surface area contributed by atoms with Crippen LogP contribution in [0.1, 0.15) is 0 Å². The minimum absolute atomic E-state index is 0.0144. The Bertz CT molecular complexity index is 487. The van der Waals surface area contributed by atoms with Crippen LogP contribution in [0, 0.1) is 0 Å². The standard InChI is InChI=1S/C7H11N5O3S/c8-6(13)4-11-16(14,15)5-2-1-3-10-7(5)12-9/h1-3,11H,4,9H2,(H2,8,13)(H,10,12). The molecule has 0 bridgehead atoms. The number of carbonyl (C=O) groups is 1. The quantitative estimate of drug-likeness (QED) is 0.354. The number of nitrogens with zero attached hydrogens (tertiary/aromatic N) is 1. The number of hydrogen-bond acceptors (Lipinski definition) is 6. The second-order valence-electron chi connectivity index (χ2n) is 2.79. The maximum atomic E-state index is 11.7. The maximum Gasteiger partial charge on any atom is 0.244 e. The van der Waals surface area contributed by atoms with E-state index in [0.717, 1.165) is 0 Å². The summed E-state index contributed by atoms with van der Waals surface area (Å²) in [6, 6.07) is 2.73. The molecule has 6 N–H and O–H groups in total. The Morgan fingerprint density at radius 2 is 2.19 bits per heavy atom. The van der Waals surface area contributed by atoms with Crippen molar-refractivity contribution in [2.45, 2.75) is 4.90 Å². The lowest BCUT2D eigenvalue weighted by atomic mass is 10.5. The molecule has 1 amide bonds. The Morgan fingerprint density at radius 1 is 1.50 bits per heavy atom. The summed E-state index contributed by atoms with van der Waals surface area (Å²) in [7, 11) is -3.85. The molecule has 1 aromatic rings. The van der Waals surface area contributed by atoms with E-state index >= 15 is 0 Å². The number of rotatable bonds is 5. The molecule has 16 heavy (non-hydrogen) atoms. The third-order valence-corrected chi connectivity index (χ3v) is 3.07. The lowest BCUT2D eigenvalue weighted by molar-refractivity contribution is -0.116. The summed E-state index contributed by atoms with van der Waals surface area (Å²) in [5.41, 5.74) is 6.97. The van der Waals surface area contributed by atoms with E-state index in [1.165, 1.54) is 18.3 Å². The van der Waals surface area contributed by atoms with Gasteiger partial charge in [-0.15, -0.1) is 0 Å². The van der Waals surface area contributed by atoms with Crippen molar-refractivity contribution in [2.75, 3.05) is 12.0 Å². The highest BCUT2D eigenvalue weighted by Crippen LogP contribution is 2.15. The average Bonchev–Trinajstić information content (AvgIpc) is 2.26. The van der Waals surface area contributed by atoms with E-state index in [0.29, 0.717) is 0 Å². The van der Waals surface area contributed by atoms with E-state index < -0.39 is 22.5 Å². The van der Waals surface area contributed by atoms with Crippen molar-refractivity contribution in [3.63, 3.8) is 0 Å². The number of amides is 1. The largest absolute Gasteiger partial charge is 0.369 e. The van der Waals surface area contributed by atoms with Crippen LogP contribution in [-0.2, 0) is 14.8 Å². The second kappa shape index (κ2) is 4.88. The molecule has 0 unspecified atom stereocenters. The van der Waals surface area contributed by atoms with Gasteiger partial charge in [0.1, 0.15) is 4.90 Å². The molecule has 1 rings (SSSR count).